The van der Waals surface area contributed by atoms with Gasteiger partial charge in [0.1, 0.15) is 17.2 Å². The van der Waals surface area contributed by atoms with E-state index < -0.39 is 29.0 Å². The summed E-state index contributed by atoms with van der Waals surface area (Å²) in [6, 6.07) is 9.23. The minimum atomic E-state index is -1.50. The van der Waals surface area contributed by atoms with Crippen molar-refractivity contribution in [3.05, 3.63) is 65.2 Å². The van der Waals surface area contributed by atoms with E-state index in [2.05, 4.69) is 10.6 Å². The molecule has 3 N–H and O–H groups in total. The topological polar surface area (TPSA) is 78.4 Å². The molecule has 0 saturated heterocycles. The number of aliphatic hydroxyl groups is 1. The fourth-order valence-electron chi connectivity index (χ4n) is 2.16. The molecule has 0 spiro atoms. The summed E-state index contributed by atoms with van der Waals surface area (Å²) in [5.41, 5.74) is -0.515. The van der Waals surface area contributed by atoms with Gasteiger partial charge in [0.2, 0.25) is 0 Å². The molecular formula is C18H18F2N2O3. The van der Waals surface area contributed by atoms with E-state index in [0.717, 1.165) is 5.56 Å². The molecule has 0 heterocycles. The molecule has 0 bridgehead atoms. The van der Waals surface area contributed by atoms with E-state index in [1.807, 2.05) is 0 Å². The Balaban J connectivity index is 1.98. The number of anilines is 1. The summed E-state index contributed by atoms with van der Waals surface area (Å²) < 4.78 is 26.5. The number of aryl methyl sites for hydroxylation is 1. The van der Waals surface area contributed by atoms with Gasteiger partial charge in [0.15, 0.2) is 0 Å². The standard InChI is InChI=1S/C18H18F2N2O3/c1-11-3-8-14(20)15(9-11)22-17(24)16(23)21-10-18(2,25)12-4-6-13(19)7-5-12/h3-9,25H,10H2,1-2H3,(H,21,23)(H,22,24). The number of amides is 2. The molecule has 0 aliphatic heterocycles. The van der Waals surface area contributed by atoms with Crippen LogP contribution in [0.25, 0.3) is 0 Å². The van der Waals surface area contributed by atoms with E-state index in [1.54, 1.807) is 6.92 Å². The van der Waals surface area contributed by atoms with Crippen LogP contribution in [0.3, 0.4) is 0 Å². The molecule has 2 aromatic carbocycles. The molecule has 0 aliphatic rings. The van der Waals surface area contributed by atoms with Crippen molar-refractivity contribution in [3.63, 3.8) is 0 Å². The van der Waals surface area contributed by atoms with Crippen LogP contribution in [0.15, 0.2) is 42.5 Å². The number of carbonyl (C=O) groups excluding carboxylic acids is 2. The number of hydrogen-bond donors (Lipinski definition) is 3. The summed E-state index contributed by atoms with van der Waals surface area (Å²) in [7, 11) is 0. The fourth-order valence-corrected chi connectivity index (χ4v) is 2.16. The zero-order valence-corrected chi connectivity index (χ0v) is 13.8. The van der Waals surface area contributed by atoms with Gasteiger partial charge in [-0.3, -0.25) is 9.59 Å². The molecule has 2 amide bonds. The highest BCUT2D eigenvalue weighted by atomic mass is 19.1. The summed E-state index contributed by atoms with van der Waals surface area (Å²) in [4.78, 5) is 23.7. The Bertz CT molecular complexity index is 789. The normalized spacial score (nSPS) is 13.0. The summed E-state index contributed by atoms with van der Waals surface area (Å²) in [6.45, 7) is 2.86. The van der Waals surface area contributed by atoms with Gasteiger partial charge in [-0.2, -0.15) is 0 Å². The minimum Gasteiger partial charge on any atom is -0.384 e. The largest absolute Gasteiger partial charge is 0.384 e. The Hall–Kier alpha value is -2.80. The van der Waals surface area contributed by atoms with Crippen molar-refractivity contribution in [2.24, 2.45) is 0 Å². The van der Waals surface area contributed by atoms with Gasteiger partial charge in [0, 0.05) is 0 Å². The lowest BCUT2D eigenvalue weighted by Crippen LogP contribution is -2.43. The van der Waals surface area contributed by atoms with Crippen molar-refractivity contribution in [2.45, 2.75) is 19.4 Å². The van der Waals surface area contributed by atoms with E-state index in [4.69, 9.17) is 0 Å². The van der Waals surface area contributed by atoms with Crippen LogP contribution in [0.2, 0.25) is 0 Å². The van der Waals surface area contributed by atoms with E-state index >= 15 is 0 Å². The molecule has 132 valence electrons. The van der Waals surface area contributed by atoms with Crippen LogP contribution in [0.1, 0.15) is 18.1 Å². The van der Waals surface area contributed by atoms with Crippen molar-refractivity contribution in [1.82, 2.24) is 5.32 Å². The molecule has 0 aromatic heterocycles. The second-order valence-electron chi connectivity index (χ2n) is 5.90. The van der Waals surface area contributed by atoms with Crippen LogP contribution in [0, 0.1) is 18.6 Å². The Labute approximate surface area is 143 Å². The number of rotatable bonds is 4. The van der Waals surface area contributed by atoms with Crippen LogP contribution in [0.4, 0.5) is 14.5 Å². The predicted molar refractivity (Wildman–Crippen MR) is 88.7 cm³/mol. The lowest BCUT2D eigenvalue weighted by atomic mass is 9.96. The lowest BCUT2D eigenvalue weighted by Gasteiger charge is -2.24. The highest BCUT2D eigenvalue weighted by molar-refractivity contribution is 6.39. The van der Waals surface area contributed by atoms with E-state index in [-0.39, 0.29) is 12.2 Å². The second-order valence-corrected chi connectivity index (χ2v) is 5.90. The first kappa shape index (κ1) is 18.5. The van der Waals surface area contributed by atoms with Crippen molar-refractivity contribution in [1.29, 1.82) is 0 Å². The maximum Gasteiger partial charge on any atom is 0.313 e. The van der Waals surface area contributed by atoms with Crippen molar-refractivity contribution in [2.75, 3.05) is 11.9 Å². The van der Waals surface area contributed by atoms with Crippen LogP contribution in [-0.2, 0) is 15.2 Å². The molecule has 2 aromatic rings. The highest BCUT2D eigenvalue weighted by Gasteiger charge is 2.25. The third kappa shape index (κ3) is 4.84. The monoisotopic (exact) mass is 348 g/mol. The number of hydrogen-bond acceptors (Lipinski definition) is 3. The Kier molecular flexibility index (Phi) is 5.48. The van der Waals surface area contributed by atoms with E-state index in [0.29, 0.717) is 5.56 Å². The molecule has 1 unspecified atom stereocenters. The minimum absolute atomic E-state index is 0.106. The highest BCUT2D eigenvalue weighted by Crippen LogP contribution is 2.20. The van der Waals surface area contributed by atoms with Crippen molar-refractivity contribution < 1.29 is 23.5 Å². The van der Waals surface area contributed by atoms with Gasteiger partial charge in [-0.1, -0.05) is 18.2 Å². The molecule has 0 radical (unpaired) electrons. The first-order valence-corrected chi connectivity index (χ1v) is 7.53. The summed E-state index contributed by atoms with van der Waals surface area (Å²) >= 11 is 0. The first-order valence-electron chi connectivity index (χ1n) is 7.53. The average Bonchev–Trinajstić information content (AvgIpc) is 2.56. The molecule has 1 atom stereocenters. The summed E-state index contributed by atoms with van der Waals surface area (Å²) in [5.74, 6) is -3.20. The molecule has 2 rings (SSSR count). The van der Waals surface area contributed by atoms with Gasteiger partial charge >= 0.3 is 11.8 Å². The fraction of sp³-hybridized carbons (Fsp3) is 0.222. The lowest BCUT2D eigenvalue weighted by molar-refractivity contribution is -0.136. The molecule has 7 heteroatoms. The third-order valence-electron chi connectivity index (χ3n) is 3.64. The number of halogens is 2. The summed E-state index contributed by atoms with van der Waals surface area (Å²) in [6.07, 6.45) is 0. The third-order valence-corrected chi connectivity index (χ3v) is 3.64. The molecule has 0 aliphatic carbocycles. The molecule has 5 nitrogen and oxygen atoms in total. The van der Waals surface area contributed by atoms with Gasteiger partial charge in [-0.05, 0) is 49.2 Å². The quantitative estimate of drug-likeness (QED) is 0.742. The van der Waals surface area contributed by atoms with Crippen LogP contribution >= 0.6 is 0 Å². The van der Waals surface area contributed by atoms with Crippen molar-refractivity contribution in [3.8, 4) is 0 Å². The van der Waals surface area contributed by atoms with Gasteiger partial charge in [0.25, 0.3) is 0 Å². The van der Waals surface area contributed by atoms with Gasteiger partial charge < -0.3 is 15.7 Å². The van der Waals surface area contributed by atoms with Gasteiger partial charge in [-0.15, -0.1) is 0 Å². The average molecular weight is 348 g/mol. The zero-order chi connectivity index (χ0) is 18.6. The number of benzene rings is 2. The SMILES string of the molecule is Cc1ccc(F)c(NC(=O)C(=O)NCC(C)(O)c2ccc(F)cc2)c1. The second kappa shape index (κ2) is 7.40. The maximum absolute atomic E-state index is 13.6. The van der Waals surface area contributed by atoms with E-state index in [9.17, 15) is 23.5 Å². The molecule has 0 fully saturated rings. The van der Waals surface area contributed by atoms with Crippen LogP contribution in [-0.4, -0.2) is 23.5 Å². The van der Waals surface area contributed by atoms with E-state index in [1.165, 1.54) is 49.4 Å². The summed E-state index contributed by atoms with van der Waals surface area (Å²) in [5, 5.41) is 14.8. The van der Waals surface area contributed by atoms with Gasteiger partial charge in [0.05, 0.1) is 12.2 Å². The Morgan fingerprint density at radius 1 is 1.08 bits per heavy atom. The Morgan fingerprint density at radius 2 is 1.72 bits per heavy atom. The molecular weight excluding hydrogens is 330 g/mol. The molecule has 0 saturated carbocycles. The van der Waals surface area contributed by atoms with Crippen molar-refractivity contribution >= 4 is 17.5 Å². The van der Waals surface area contributed by atoms with Gasteiger partial charge in [-0.25, -0.2) is 8.78 Å². The molecule has 25 heavy (non-hydrogen) atoms. The van der Waals surface area contributed by atoms with Crippen LogP contribution < -0.4 is 10.6 Å². The van der Waals surface area contributed by atoms with Crippen LogP contribution in [0.5, 0.6) is 0 Å². The Morgan fingerprint density at radius 3 is 2.36 bits per heavy atom. The predicted octanol–water partition coefficient (Wildman–Crippen LogP) is 2.24. The first-order chi connectivity index (χ1) is 11.7. The maximum atomic E-state index is 13.6. The number of nitrogens with one attached hydrogen (secondary N) is 2. The number of carbonyl (C=O) groups is 2. The smallest absolute Gasteiger partial charge is 0.313 e. The zero-order valence-electron chi connectivity index (χ0n) is 13.8.